The van der Waals surface area contributed by atoms with Crippen LogP contribution < -0.4 is 0 Å². The largest absolute Gasteiger partial charge is 0.477 e. The molecule has 0 bridgehead atoms. The number of carbonyl (C=O) groups is 1. The monoisotopic (exact) mass is 242 g/mol. The topological polar surface area (TPSA) is 66.0 Å². The van der Waals surface area contributed by atoms with Gasteiger partial charge in [-0.15, -0.1) is 11.3 Å². The van der Waals surface area contributed by atoms with Gasteiger partial charge in [0, 0.05) is 10.9 Å². The number of nitrogens with zero attached hydrogens (tertiary/aromatic N) is 1. The maximum atomic E-state index is 10.7. The quantitative estimate of drug-likeness (QED) is 0.851. The Bertz CT molecular complexity index is 518. The van der Waals surface area contributed by atoms with Gasteiger partial charge in [0.25, 0.3) is 0 Å². The zero-order chi connectivity index (χ0) is 11.0. The molecule has 78 valence electrons. The molecule has 0 spiro atoms. The van der Waals surface area contributed by atoms with Crippen molar-refractivity contribution in [2.24, 2.45) is 0 Å². The summed E-state index contributed by atoms with van der Waals surface area (Å²) >= 11 is 7.07. The highest BCUT2D eigenvalue weighted by Gasteiger charge is 2.13. The first-order chi connectivity index (χ1) is 7.08. The number of hydrogen-bond acceptors (Lipinski definition) is 3. The highest BCUT2D eigenvalue weighted by molar-refractivity contribution is 7.12. The molecule has 0 aliphatic rings. The van der Waals surface area contributed by atoms with Crippen LogP contribution in [-0.2, 0) is 0 Å². The van der Waals surface area contributed by atoms with Crippen LogP contribution in [0.1, 0.15) is 15.5 Å². The number of halogens is 1. The summed E-state index contributed by atoms with van der Waals surface area (Å²) in [6.07, 6.45) is 0. The highest BCUT2D eigenvalue weighted by atomic mass is 35.5. The summed E-state index contributed by atoms with van der Waals surface area (Å²) in [5.74, 6) is -0.229. The minimum Gasteiger partial charge on any atom is -0.477 e. The molecular formula is C9H7ClN2O2S. The van der Waals surface area contributed by atoms with Crippen LogP contribution in [0, 0.1) is 6.92 Å². The molecule has 2 aromatic rings. The Balaban J connectivity index is 2.45. The molecule has 0 unspecified atom stereocenters. The molecule has 0 fully saturated rings. The molecule has 15 heavy (non-hydrogen) atoms. The van der Waals surface area contributed by atoms with E-state index in [0.717, 1.165) is 16.9 Å². The van der Waals surface area contributed by atoms with Crippen LogP contribution in [0.5, 0.6) is 0 Å². The number of carboxylic acids is 1. The van der Waals surface area contributed by atoms with Crippen molar-refractivity contribution >= 4 is 28.9 Å². The van der Waals surface area contributed by atoms with Crippen LogP contribution >= 0.6 is 22.9 Å². The molecular weight excluding hydrogens is 236 g/mol. The van der Waals surface area contributed by atoms with Gasteiger partial charge in [-0.3, -0.25) is 0 Å². The van der Waals surface area contributed by atoms with Gasteiger partial charge in [0.15, 0.2) is 0 Å². The molecule has 0 saturated carbocycles. The second-order valence-corrected chi connectivity index (χ2v) is 4.28. The van der Waals surface area contributed by atoms with Crippen LogP contribution in [0.3, 0.4) is 0 Å². The number of thiophene rings is 1. The van der Waals surface area contributed by atoms with Crippen molar-refractivity contribution in [1.29, 1.82) is 0 Å². The van der Waals surface area contributed by atoms with Gasteiger partial charge in [-0.2, -0.15) is 0 Å². The zero-order valence-electron chi connectivity index (χ0n) is 7.74. The SMILES string of the molecule is Cc1nc(-c2csc(C(=O)O)c2)c(Cl)[nH]1. The van der Waals surface area contributed by atoms with E-state index >= 15 is 0 Å². The Kier molecular flexibility index (Phi) is 2.50. The van der Waals surface area contributed by atoms with E-state index in [9.17, 15) is 4.79 Å². The predicted molar refractivity (Wildman–Crippen MR) is 58.6 cm³/mol. The lowest BCUT2D eigenvalue weighted by molar-refractivity contribution is 0.0702. The van der Waals surface area contributed by atoms with Crippen molar-refractivity contribution in [2.75, 3.05) is 0 Å². The van der Waals surface area contributed by atoms with Crippen LogP contribution in [0.2, 0.25) is 5.15 Å². The van der Waals surface area contributed by atoms with Crippen molar-refractivity contribution in [2.45, 2.75) is 6.92 Å². The first-order valence-electron chi connectivity index (χ1n) is 4.12. The Morgan fingerprint density at radius 1 is 1.67 bits per heavy atom. The summed E-state index contributed by atoms with van der Waals surface area (Å²) in [5, 5.41) is 10.9. The summed E-state index contributed by atoms with van der Waals surface area (Å²) in [5.41, 5.74) is 1.32. The van der Waals surface area contributed by atoms with Crippen LogP contribution in [-0.4, -0.2) is 21.0 Å². The Hall–Kier alpha value is -1.33. The van der Waals surface area contributed by atoms with Gasteiger partial charge in [-0.1, -0.05) is 11.6 Å². The third kappa shape index (κ3) is 1.88. The standard InChI is InChI=1S/C9H7ClN2O2S/c1-4-11-7(8(10)12-4)5-2-6(9(13)14)15-3-5/h2-3H,1H3,(H,11,12)(H,13,14). The summed E-state index contributed by atoms with van der Waals surface area (Å²) in [7, 11) is 0. The number of aromatic nitrogens is 2. The summed E-state index contributed by atoms with van der Waals surface area (Å²) in [4.78, 5) is 18.0. The second-order valence-electron chi connectivity index (χ2n) is 2.99. The number of aromatic amines is 1. The van der Waals surface area contributed by atoms with E-state index in [1.807, 2.05) is 0 Å². The lowest BCUT2D eigenvalue weighted by Crippen LogP contribution is -1.90. The average molecular weight is 243 g/mol. The van der Waals surface area contributed by atoms with E-state index in [1.165, 1.54) is 0 Å². The van der Waals surface area contributed by atoms with Crippen molar-refractivity contribution in [1.82, 2.24) is 9.97 Å². The van der Waals surface area contributed by atoms with Crippen molar-refractivity contribution in [3.8, 4) is 11.3 Å². The average Bonchev–Trinajstić information content (AvgIpc) is 2.71. The molecule has 2 heterocycles. The van der Waals surface area contributed by atoms with Crippen molar-refractivity contribution in [3.63, 3.8) is 0 Å². The minimum absolute atomic E-state index is 0.279. The number of rotatable bonds is 2. The fraction of sp³-hybridized carbons (Fsp3) is 0.111. The third-order valence-corrected chi connectivity index (χ3v) is 3.05. The predicted octanol–water partition coefficient (Wildman–Crippen LogP) is 2.80. The number of nitrogens with one attached hydrogen (secondary N) is 1. The van der Waals surface area contributed by atoms with Crippen molar-refractivity contribution < 1.29 is 9.90 Å². The lowest BCUT2D eigenvalue weighted by Gasteiger charge is -1.89. The smallest absolute Gasteiger partial charge is 0.345 e. The molecule has 2 aromatic heterocycles. The van der Waals surface area contributed by atoms with Gasteiger partial charge in [0.1, 0.15) is 21.5 Å². The maximum Gasteiger partial charge on any atom is 0.345 e. The van der Waals surface area contributed by atoms with E-state index in [-0.39, 0.29) is 4.88 Å². The molecule has 2 N–H and O–H groups in total. The molecule has 4 nitrogen and oxygen atoms in total. The van der Waals surface area contributed by atoms with E-state index in [2.05, 4.69) is 9.97 Å². The van der Waals surface area contributed by atoms with E-state index in [4.69, 9.17) is 16.7 Å². The maximum absolute atomic E-state index is 10.7. The summed E-state index contributed by atoms with van der Waals surface area (Å²) in [6, 6.07) is 1.56. The molecule has 0 saturated heterocycles. The number of H-pyrrole nitrogens is 1. The number of hydrogen-bond donors (Lipinski definition) is 2. The number of aryl methyl sites for hydroxylation is 1. The number of carboxylic acid groups (broad SMARTS) is 1. The van der Waals surface area contributed by atoms with E-state index in [1.54, 1.807) is 18.4 Å². The highest BCUT2D eigenvalue weighted by Crippen LogP contribution is 2.29. The molecule has 0 aliphatic heterocycles. The first-order valence-corrected chi connectivity index (χ1v) is 5.38. The molecule has 2 rings (SSSR count). The van der Waals surface area contributed by atoms with Gasteiger partial charge in [-0.05, 0) is 13.0 Å². The van der Waals surface area contributed by atoms with Crippen LogP contribution in [0.25, 0.3) is 11.3 Å². The van der Waals surface area contributed by atoms with Crippen LogP contribution in [0.15, 0.2) is 11.4 Å². The van der Waals surface area contributed by atoms with Gasteiger partial charge in [-0.25, -0.2) is 9.78 Å². The first kappa shape index (κ1) is 10.2. The molecule has 0 radical (unpaired) electrons. The molecule has 0 aromatic carbocycles. The lowest BCUT2D eigenvalue weighted by atomic mass is 10.2. The Morgan fingerprint density at radius 3 is 2.87 bits per heavy atom. The van der Waals surface area contributed by atoms with Gasteiger partial charge in [0.05, 0.1) is 0 Å². The summed E-state index contributed by atoms with van der Waals surface area (Å²) in [6.45, 7) is 1.79. The van der Waals surface area contributed by atoms with E-state index < -0.39 is 5.97 Å². The fourth-order valence-electron chi connectivity index (χ4n) is 1.23. The normalized spacial score (nSPS) is 10.5. The Morgan fingerprint density at radius 2 is 2.40 bits per heavy atom. The summed E-state index contributed by atoms with van der Waals surface area (Å²) < 4.78 is 0. The third-order valence-electron chi connectivity index (χ3n) is 1.86. The van der Waals surface area contributed by atoms with Gasteiger partial charge in [0.2, 0.25) is 0 Å². The van der Waals surface area contributed by atoms with Crippen molar-refractivity contribution in [3.05, 3.63) is 27.3 Å². The number of aromatic carboxylic acids is 1. The molecule has 0 aliphatic carbocycles. The Labute approximate surface area is 94.5 Å². The molecule has 0 atom stereocenters. The molecule has 0 amide bonds. The number of imidazole rings is 1. The van der Waals surface area contributed by atoms with Crippen LogP contribution in [0.4, 0.5) is 0 Å². The van der Waals surface area contributed by atoms with E-state index in [0.29, 0.717) is 16.7 Å². The van der Waals surface area contributed by atoms with Gasteiger partial charge < -0.3 is 10.1 Å². The molecule has 6 heteroatoms. The fourth-order valence-corrected chi connectivity index (χ4v) is 2.24. The van der Waals surface area contributed by atoms with Gasteiger partial charge >= 0.3 is 5.97 Å². The second kappa shape index (κ2) is 3.67. The minimum atomic E-state index is -0.936. The zero-order valence-corrected chi connectivity index (χ0v) is 9.32.